The van der Waals surface area contributed by atoms with Gasteiger partial charge in [-0.2, -0.15) is 0 Å². The molecule has 2 rings (SSSR count). The van der Waals surface area contributed by atoms with E-state index in [9.17, 15) is 4.79 Å². The van der Waals surface area contributed by atoms with Crippen molar-refractivity contribution in [3.63, 3.8) is 0 Å². The molecule has 1 saturated carbocycles. The molecule has 0 aromatic carbocycles. The molecule has 4 N–H and O–H groups in total. The lowest BCUT2D eigenvalue weighted by Gasteiger charge is -2.33. The molecule has 0 aromatic rings. The van der Waals surface area contributed by atoms with E-state index in [1.54, 1.807) is 0 Å². The first-order valence-electron chi connectivity index (χ1n) is 5.02. The average molecular weight is 183 g/mol. The van der Waals surface area contributed by atoms with Crippen LogP contribution in [0, 0.1) is 0 Å². The van der Waals surface area contributed by atoms with Gasteiger partial charge >= 0.3 is 0 Å². The van der Waals surface area contributed by atoms with Gasteiger partial charge in [-0.3, -0.25) is 4.79 Å². The Labute approximate surface area is 78.2 Å². The molecule has 1 amide bonds. The quantitative estimate of drug-likeness (QED) is 0.544. The fourth-order valence-electron chi connectivity index (χ4n) is 1.97. The van der Waals surface area contributed by atoms with Crippen molar-refractivity contribution in [1.82, 2.24) is 10.6 Å². The highest BCUT2D eigenvalue weighted by Gasteiger charge is 2.27. The lowest BCUT2D eigenvalue weighted by Crippen LogP contribution is -2.51. The van der Waals surface area contributed by atoms with Gasteiger partial charge in [0.05, 0.1) is 0 Å². The molecule has 13 heavy (non-hydrogen) atoms. The maximum Gasteiger partial charge on any atom is 0.220 e. The summed E-state index contributed by atoms with van der Waals surface area (Å²) < 4.78 is 0. The number of carbonyl (C=O) groups is 1. The maximum absolute atomic E-state index is 10.9. The van der Waals surface area contributed by atoms with E-state index < -0.39 is 0 Å². The standard InChI is InChI=1S/C9H17N3O/c10-6-3-8(4-6)11-5-7-1-2-9(13)12-7/h6-8,11H,1-5,10H2,(H,12,13). The topological polar surface area (TPSA) is 67.1 Å². The van der Waals surface area contributed by atoms with Crippen LogP contribution in [0.25, 0.3) is 0 Å². The van der Waals surface area contributed by atoms with Crippen molar-refractivity contribution >= 4 is 5.91 Å². The summed E-state index contributed by atoms with van der Waals surface area (Å²) in [6.07, 6.45) is 3.84. The molecular weight excluding hydrogens is 166 g/mol. The number of nitrogens with two attached hydrogens (primary N) is 1. The molecule has 1 aliphatic heterocycles. The van der Waals surface area contributed by atoms with Crippen LogP contribution in [0.3, 0.4) is 0 Å². The van der Waals surface area contributed by atoms with Gasteiger partial charge in [-0.25, -0.2) is 0 Å². The minimum Gasteiger partial charge on any atom is -0.352 e. The van der Waals surface area contributed by atoms with Crippen molar-refractivity contribution < 1.29 is 4.79 Å². The second-order valence-corrected chi connectivity index (χ2v) is 4.14. The van der Waals surface area contributed by atoms with E-state index in [-0.39, 0.29) is 5.91 Å². The van der Waals surface area contributed by atoms with Gasteiger partial charge in [0.25, 0.3) is 0 Å². The fraction of sp³-hybridized carbons (Fsp3) is 0.889. The first-order chi connectivity index (χ1) is 6.24. The molecule has 2 aliphatic rings. The molecular formula is C9H17N3O. The van der Waals surface area contributed by atoms with E-state index in [4.69, 9.17) is 5.73 Å². The van der Waals surface area contributed by atoms with Gasteiger partial charge in [-0.15, -0.1) is 0 Å². The maximum atomic E-state index is 10.9. The van der Waals surface area contributed by atoms with Crippen molar-refractivity contribution in [3.05, 3.63) is 0 Å². The van der Waals surface area contributed by atoms with E-state index in [2.05, 4.69) is 10.6 Å². The third-order valence-corrected chi connectivity index (χ3v) is 2.91. The second kappa shape index (κ2) is 3.64. The predicted molar refractivity (Wildman–Crippen MR) is 50.2 cm³/mol. The van der Waals surface area contributed by atoms with Crippen LogP contribution in [0.15, 0.2) is 0 Å². The molecule has 1 unspecified atom stereocenters. The molecule has 1 aliphatic carbocycles. The molecule has 0 bridgehead atoms. The monoisotopic (exact) mass is 183 g/mol. The van der Waals surface area contributed by atoms with E-state index in [1.807, 2.05) is 0 Å². The molecule has 74 valence electrons. The summed E-state index contributed by atoms with van der Waals surface area (Å²) in [5.74, 6) is 0.192. The van der Waals surface area contributed by atoms with Crippen molar-refractivity contribution in [2.24, 2.45) is 5.73 Å². The zero-order valence-electron chi connectivity index (χ0n) is 7.75. The molecule has 1 heterocycles. The molecule has 1 atom stereocenters. The van der Waals surface area contributed by atoms with Crippen LogP contribution in [-0.2, 0) is 4.79 Å². The third kappa shape index (κ3) is 2.19. The average Bonchev–Trinajstić information content (AvgIpc) is 2.43. The number of amides is 1. The van der Waals surface area contributed by atoms with Crippen LogP contribution in [0.1, 0.15) is 25.7 Å². The Hall–Kier alpha value is -0.610. The number of rotatable bonds is 3. The van der Waals surface area contributed by atoms with E-state index in [0.29, 0.717) is 24.5 Å². The summed E-state index contributed by atoms with van der Waals surface area (Å²) >= 11 is 0. The molecule has 4 heteroatoms. The largest absolute Gasteiger partial charge is 0.352 e. The summed E-state index contributed by atoms with van der Waals surface area (Å²) in [5.41, 5.74) is 5.66. The van der Waals surface area contributed by atoms with Gasteiger partial charge in [-0.1, -0.05) is 0 Å². The Kier molecular flexibility index (Phi) is 2.51. The lowest BCUT2D eigenvalue weighted by molar-refractivity contribution is -0.119. The van der Waals surface area contributed by atoms with Crippen LogP contribution < -0.4 is 16.4 Å². The van der Waals surface area contributed by atoms with E-state index in [0.717, 1.165) is 25.8 Å². The molecule has 4 nitrogen and oxygen atoms in total. The predicted octanol–water partition coefficient (Wildman–Crippen LogP) is -0.656. The molecule has 0 spiro atoms. The molecule has 2 fully saturated rings. The second-order valence-electron chi connectivity index (χ2n) is 4.14. The normalized spacial score (nSPS) is 38.5. The summed E-state index contributed by atoms with van der Waals surface area (Å²) in [4.78, 5) is 10.9. The van der Waals surface area contributed by atoms with Crippen molar-refractivity contribution in [2.45, 2.75) is 43.8 Å². The minimum absolute atomic E-state index is 0.192. The van der Waals surface area contributed by atoms with Gasteiger partial charge in [0.15, 0.2) is 0 Å². The number of nitrogens with one attached hydrogen (secondary N) is 2. The summed E-state index contributed by atoms with van der Waals surface area (Å²) in [7, 11) is 0. The minimum atomic E-state index is 0.192. The van der Waals surface area contributed by atoms with E-state index in [1.165, 1.54) is 0 Å². The van der Waals surface area contributed by atoms with Gasteiger partial charge in [0.2, 0.25) is 5.91 Å². The molecule has 1 saturated heterocycles. The van der Waals surface area contributed by atoms with Crippen molar-refractivity contribution in [3.8, 4) is 0 Å². The highest BCUT2D eigenvalue weighted by Crippen LogP contribution is 2.17. The lowest BCUT2D eigenvalue weighted by atomic mass is 9.87. The van der Waals surface area contributed by atoms with Gasteiger partial charge in [0.1, 0.15) is 0 Å². The Morgan fingerprint density at radius 1 is 1.54 bits per heavy atom. The molecule has 0 radical (unpaired) electrons. The van der Waals surface area contributed by atoms with Crippen LogP contribution >= 0.6 is 0 Å². The SMILES string of the molecule is NC1CC(NCC2CCC(=O)N2)C1. The summed E-state index contributed by atoms with van der Waals surface area (Å²) in [6, 6.07) is 1.34. The highest BCUT2D eigenvalue weighted by molar-refractivity contribution is 5.78. The number of hydrogen-bond donors (Lipinski definition) is 3. The highest BCUT2D eigenvalue weighted by atomic mass is 16.1. The van der Waals surface area contributed by atoms with Crippen LogP contribution in [0.2, 0.25) is 0 Å². The zero-order valence-corrected chi connectivity index (χ0v) is 7.75. The van der Waals surface area contributed by atoms with Gasteiger partial charge < -0.3 is 16.4 Å². The van der Waals surface area contributed by atoms with Crippen LogP contribution in [-0.4, -0.2) is 30.6 Å². The summed E-state index contributed by atoms with van der Waals surface area (Å²) in [6.45, 7) is 0.906. The summed E-state index contributed by atoms with van der Waals surface area (Å²) in [5, 5.41) is 6.35. The Morgan fingerprint density at radius 2 is 2.31 bits per heavy atom. The van der Waals surface area contributed by atoms with Crippen molar-refractivity contribution in [1.29, 1.82) is 0 Å². The Morgan fingerprint density at radius 3 is 2.85 bits per heavy atom. The van der Waals surface area contributed by atoms with Gasteiger partial charge in [0, 0.05) is 31.1 Å². The van der Waals surface area contributed by atoms with Crippen LogP contribution in [0.5, 0.6) is 0 Å². The van der Waals surface area contributed by atoms with E-state index >= 15 is 0 Å². The first-order valence-corrected chi connectivity index (χ1v) is 5.02. The fourth-order valence-corrected chi connectivity index (χ4v) is 1.97. The Bertz CT molecular complexity index is 201. The Balaban J connectivity index is 1.60. The third-order valence-electron chi connectivity index (χ3n) is 2.91. The van der Waals surface area contributed by atoms with Crippen molar-refractivity contribution in [2.75, 3.05) is 6.54 Å². The van der Waals surface area contributed by atoms with Gasteiger partial charge in [-0.05, 0) is 19.3 Å². The van der Waals surface area contributed by atoms with Crippen LogP contribution in [0.4, 0.5) is 0 Å². The smallest absolute Gasteiger partial charge is 0.220 e. The molecule has 0 aromatic heterocycles. The first kappa shape index (κ1) is 8.97. The number of hydrogen-bond acceptors (Lipinski definition) is 3. The zero-order chi connectivity index (χ0) is 9.26. The number of carbonyl (C=O) groups excluding carboxylic acids is 1.